The molecule has 0 aliphatic heterocycles. The monoisotopic (exact) mass is 604 g/mol. The molecule has 0 spiro atoms. The summed E-state index contributed by atoms with van der Waals surface area (Å²) in [5.41, 5.74) is 10.4. The standard InChI is InChI=1S/C41H40N4O/c1-7-29-16-19-37-36(22-29)35-18-17-34(25-38(35)44(37)39-23-30(20-21-42-39)26-41(4,5)6)46-33-15-11-14-32(24-33)45-28(3)40(27(2)43-45)31-12-9-8-10-13-31/h8-25H,7,26H2,1-6H3. The van der Waals surface area contributed by atoms with E-state index in [1.807, 2.05) is 29.1 Å². The molecule has 46 heavy (non-hydrogen) atoms. The predicted octanol–water partition coefficient (Wildman–Crippen LogP) is 10.6. The van der Waals surface area contributed by atoms with E-state index in [0.717, 1.165) is 63.8 Å². The minimum Gasteiger partial charge on any atom is -0.457 e. The van der Waals surface area contributed by atoms with Crippen molar-refractivity contribution >= 4 is 21.8 Å². The van der Waals surface area contributed by atoms with Gasteiger partial charge in [0.15, 0.2) is 0 Å². The molecule has 3 heterocycles. The summed E-state index contributed by atoms with van der Waals surface area (Å²) in [5, 5.41) is 7.32. The highest BCUT2D eigenvalue weighted by Gasteiger charge is 2.18. The number of aromatic nitrogens is 4. The Morgan fingerprint density at radius 2 is 1.52 bits per heavy atom. The summed E-state index contributed by atoms with van der Waals surface area (Å²) >= 11 is 0. The second-order valence-corrected chi connectivity index (χ2v) is 13.4. The summed E-state index contributed by atoms with van der Waals surface area (Å²) in [6.07, 6.45) is 3.90. The Hall–Kier alpha value is -5.16. The third-order valence-corrected chi connectivity index (χ3v) is 8.64. The average molecular weight is 605 g/mol. The zero-order chi connectivity index (χ0) is 32.0. The summed E-state index contributed by atoms with van der Waals surface area (Å²) < 4.78 is 10.8. The van der Waals surface area contributed by atoms with Crippen LogP contribution in [0.15, 0.2) is 109 Å². The Morgan fingerprint density at radius 1 is 0.717 bits per heavy atom. The molecule has 7 aromatic rings. The van der Waals surface area contributed by atoms with Crippen molar-refractivity contribution in [2.24, 2.45) is 5.41 Å². The fourth-order valence-electron chi connectivity index (χ4n) is 6.61. The molecule has 7 rings (SSSR count). The Balaban J connectivity index is 1.29. The van der Waals surface area contributed by atoms with Gasteiger partial charge in [-0.05, 0) is 97.3 Å². The topological polar surface area (TPSA) is 44.9 Å². The van der Waals surface area contributed by atoms with Gasteiger partial charge in [0.25, 0.3) is 0 Å². The Morgan fingerprint density at radius 3 is 2.30 bits per heavy atom. The minimum atomic E-state index is 0.182. The van der Waals surface area contributed by atoms with E-state index in [0.29, 0.717) is 0 Å². The molecule has 0 N–H and O–H groups in total. The largest absolute Gasteiger partial charge is 0.457 e. The summed E-state index contributed by atoms with van der Waals surface area (Å²) in [6, 6.07) is 36.1. The average Bonchev–Trinajstić information content (AvgIpc) is 3.52. The van der Waals surface area contributed by atoms with Gasteiger partial charge in [-0.1, -0.05) is 70.2 Å². The minimum absolute atomic E-state index is 0.182. The fourth-order valence-corrected chi connectivity index (χ4v) is 6.61. The highest BCUT2D eigenvalue weighted by Crippen LogP contribution is 2.37. The van der Waals surface area contributed by atoms with Gasteiger partial charge in [-0.2, -0.15) is 5.10 Å². The van der Waals surface area contributed by atoms with E-state index in [9.17, 15) is 0 Å². The van der Waals surface area contributed by atoms with Gasteiger partial charge in [-0.25, -0.2) is 9.67 Å². The van der Waals surface area contributed by atoms with Crippen molar-refractivity contribution in [2.75, 3.05) is 0 Å². The number of benzene rings is 4. The molecule has 0 aliphatic carbocycles. The van der Waals surface area contributed by atoms with Crippen LogP contribution in [0, 0.1) is 19.3 Å². The van der Waals surface area contributed by atoms with E-state index in [2.05, 4.69) is 131 Å². The first-order valence-electron chi connectivity index (χ1n) is 16.1. The van der Waals surface area contributed by atoms with Crippen molar-refractivity contribution in [1.82, 2.24) is 19.3 Å². The highest BCUT2D eigenvalue weighted by molar-refractivity contribution is 6.09. The Kier molecular flexibility index (Phi) is 7.48. The number of ether oxygens (including phenoxy) is 1. The zero-order valence-electron chi connectivity index (χ0n) is 27.5. The fraction of sp³-hybridized carbons (Fsp3) is 0.220. The molecule has 230 valence electrons. The van der Waals surface area contributed by atoms with Crippen molar-refractivity contribution in [3.63, 3.8) is 0 Å². The van der Waals surface area contributed by atoms with Crippen LogP contribution in [0.3, 0.4) is 0 Å². The van der Waals surface area contributed by atoms with Gasteiger partial charge in [-0.15, -0.1) is 0 Å². The van der Waals surface area contributed by atoms with Crippen LogP contribution in [0.4, 0.5) is 0 Å². The van der Waals surface area contributed by atoms with E-state index in [1.54, 1.807) is 0 Å². The van der Waals surface area contributed by atoms with Crippen LogP contribution in [0.5, 0.6) is 11.5 Å². The normalized spacial score (nSPS) is 11.9. The first-order chi connectivity index (χ1) is 22.2. The molecule has 0 saturated heterocycles. The summed E-state index contributed by atoms with van der Waals surface area (Å²) in [4.78, 5) is 4.87. The number of nitrogens with zero attached hydrogens (tertiary/aromatic N) is 4. The van der Waals surface area contributed by atoms with E-state index < -0.39 is 0 Å². The lowest BCUT2D eigenvalue weighted by Gasteiger charge is -2.18. The van der Waals surface area contributed by atoms with Gasteiger partial charge in [0.05, 0.1) is 22.4 Å². The molecule has 4 aromatic carbocycles. The first kappa shape index (κ1) is 29.5. The van der Waals surface area contributed by atoms with Crippen LogP contribution >= 0.6 is 0 Å². The molecule has 0 radical (unpaired) electrons. The van der Waals surface area contributed by atoms with Crippen LogP contribution in [-0.4, -0.2) is 19.3 Å². The first-order valence-corrected chi connectivity index (χ1v) is 16.1. The SMILES string of the molecule is CCc1ccc2c(c1)c1ccc(Oc3cccc(-n4nc(C)c(-c5ccccc5)c4C)c3)cc1n2-c1cc(CC(C)(C)C)ccn1. The number of hydrogen-bond donors (Lipinski definition) is 0. The maximum Gasteiger partial charge on any atom is 0.137 e. The molecular formula is C41H40N4O. The third kappa shape index (κ3) is 5.58. The zero-order valence-corrected chi connectivity index (χ0v) is 27.5. The maximum absolute atomic E-state index is 6.56. The predicted molar refractivity (Wildman–Crippen MR) is 190 cm³/mol. The van der Waals surface area contributed by atoms with Crippen LogP contribution in [0.1, 0.15) is 50.2 Å². The molecule has 0 atom stereocenters. The smallest absolute Gasteiger partial charge is 0.137 e. The molecule has 0 aliphatic rings. The van der Waals surface area contributed by atoms with Crippen LogP contribution in [-0.2, 0) is 12.8 Å². The van der Waals surface area contributed by atoms with Crippen molar-refractivity contribution in [1.29, 1.82) is 0 Å². The molecule has 3 aromatic heterocycles. The van der Waals surface area contributed by atoms with Gasteiger partial charge in [0.2, 0.25) is 0 Å². The molecule has 5 nitrogen and oxygen atoms in total. The summed E-state index contributed by atoms with van der Waals surface area (Å²) in [6.45, 7) is 13.2. The molecular weight excluding hydrogens is 564 g/mol. The lowest BCUT2D eigenvalue weighted by molar-refractivity contribution is 0.411. The van der Waals surface area contributed by atoms with E-state index >= 15 is 0 Å². The third-order valence-electron chi connectivity index (χ3n) is 8.64. The van der Waals surface area contributed by atoms with E-state index in [4.69, 9.17) is 14.8 Å². The van der Waals surface area contributed by atoms with Crippen LogP contribution in [0.2, 0.25) is 0 Å². The van der Waals surface area contributed by atoms with Gasteiger partial charge >= 0.3 is 0 Å². The molecule has 0 amide bonds. The highest BCUT2D eigenvalue weighted by atomic mass is 16.5. The van der Waals surface area contributed by atoms with Crippen LogP contribution < -0.4 is 4.74 Å². The molecule has 0 bridgehead atoms. The van der Waals surface area contributed by atoms with Crippen molar-refractivity contribution in [3.05, 3.63) is 132 Å². The molecule has 0 saturated carbocycles. The van der Waals surface area contributed by atoms with E-state index in [-0.39, 0.29) is 5.41 Å². The van der Waals surface area contributed by atoms with Gasteiger partial charge in [0.1, 0.15) is 17.3 Å². The summed E-state index contributed by atoms with van der Waals surface area (Å²) in [7, 11) is 0. The van der Waals surface area contributed by atoms with Gasteiger partial charge < -0.3 is 4.74 Å². The number of aryl methyl sites for hydroxylation is 2. The van der Waals surface area contributed by atoms with Crippen molar-refractivity contribution < 1.29 is 4.74 Å². The Bertz CT molecular complexity index is 2200. The van der Waals surface area contributed by atoms with Gasteiger partial charge in [-0.3, -0.25) is 4.57 Å². The van der Waals surface area contributed by atoms with Crippen molar-refractivity contribution in [3.8, 4) is 34.1 Å². The van der Waals surface area contributed by atoms with Crippen molar-refractivity contribution in [2.45, 2.75) is 54.4 Å². The number of fused-ring (bicyclic) bond motifs is 3. The lowest BCUT2D eigenvalue weighted by atomic mass is 9.88. The number of hydrogen-bond acceptors (Lipinski definition) is 3. The molecule has 0 fully saturated rings. The number of pyridine rings is 1. The lowest BCUT2D eigenvalue weighted by Crippen LogP contribution is -2.10. The quantitative estimate of drug-likeness (QED) is 0.182. The second-order valence-electron chi connectivity index (χ2n) is 13.4. The Labute approximate surface area is 271 Å². The van der Waals surface area contributed by atoms with Gasteiger partial charge in [0, 0.05) is 40.4 Å². The second kappa shape index (κ2) is 11.6. The maximum atomic E-state index is 6.56. The van der Waals surface area contributed by atoms with E-state index in [1.165, 1.54) is 27.5 Å². The van der Waals surface area contributed by atoms with Crippen LogP contribution in [0.25, 0.3) is 44.4 Å². The molecule has 0 unspecified atom stereocenters. The molecule has 5 heteroatoms. The number of rotatable bonds is 7. The summed E-state index contributed by atoms with van der Waals surface area (Å²) in [5.74, 6) is 2.45.